The monoisotopic (exact) mass is 554 g/mol. The Bertz CT molecular complexity index is 1060. The second kappa shape index (κ2) is 10.9. The molecule has 3 heterocycles. The Balaban J connectivity index is 0.00000289. The first-order chi connectivity index (χ1) is 15.0. The highest BCUT2D eigenvalue weighted by molar-refractivity contribution is 14.0. The minimum absolute atomic E-state index is 0. The van der Waals surface area contributed by atoms with Gasteiger partial charge in [0.2, 0.25) is 0 Å². The molecule has 1 aliphatic heterocycles. The number of aliphatic imine (C=N–C) groups is 1. The number of hydrogen-bond acceptors (Lipinski definition) is 3. The molecule has 9 heteroatoms. The van der Waals surface area contributed by atoms with Gasteiger partial charge in [0.05, 0.1) is 5.69 Å². The van der Waals surface area contributed by atoms with E-state index < -0.39 is 11.6 Å². The van der Waals surface area contributed by atoms with Crippen molar-refractivity contribution in [2.75, 3.05) is 31.1 Å². The number of aromatic nitrogens is 2. The fourth-order valence-electron chi connectivity index (χ4n) is 3.99. The molecule has 1 atom stereocenters. The Morgan fingerprint density at radius 1 is 1.22 bits per heavy atom. The third-order valence-electron chi connectivity index (χ3n) is 5.49. The van der Waals surface area contributed by atoms with E-state index in [0.29, 0.717) is 25.6 Å². The third kappa shape index (κ3) is 5.48. The first-order valence-corrected chi connectivity index (χ1v) is 10.7. The van der Waals surface area contributed by atoms with Gasteiger partial charge in [-0.05, 0) is 44.0 Å². The number of fused-ring (bicyclic) bond motifs is 1. The zero-order valence-electron chi connectivity index (χ0n) is 18.3. The number of nitrogens with one attached hydrogen (secondary N) is 2. The van der Waals surface area contributed by atoms with Crippen LogP contribution in [-0.2, 0) is 6.42 Å². The standard InChI is InChI=1S/C23H28F2N6.HI/c1-3-26-23(27-11-9-17-15-31-12-5-6-16(2)22(31)28-17)29-18-10-13-30(14-18)21-19(24)7-4-8-20(21)25;/h4-8,12,15,18H,3,9-11,13-14H2,1-2H3,(H2,26,27,29);1H. The zero-order chi connectivity index (χ0) is 21.8. The predicted molar refractivity (Wildman–Crippen MR) is 135 cm³/mol. The lowest BCUT2D eigenvalue weighted by Crippen LogP contribution is -2.44. The van der Waals surface area contributed by atoms with Gasteiger partial charge in [-0.1, -0.05) is 12.1 Å². The second-order valence-corrected chi connectivity index (χ2v) is 7.81. The molecule has 172 valence electrons. The van der Waals surface area contributed by atoms with Crippen molar-refractivity contribution < 1.29 is 8.78 Å². The smallest absolute Gasteiger partial charge is 0.191 e. The van der Waals surface area contributed by atoms with Crippen LogP contribution in [0.4, 0.5) is 14.5 Å². The van der Waals surface area contributed by atoms with Gasteiger partial charge in [0.15, 0.2) is 5.96 Å². The Labute approximate surface area is 204 Å². The maximum absolute atomic E-state index is 14.1. The van der Waals surface area contributed by atoms with E-state index in [1.54, 1.807) is 4.90 Å². The predicted octanol–water partition coefficient (Wildman–Crippen LogP) is 3.92. The molecule has 1 fully saturated rings. The lowest BCUT2D eigenvalue weighted by atomic mass is 10.2. The molecule has 32 heavy (non-hydrogen) atoms. The summed E-state index contributed by atoms with van der Waals surface area (Å²) in [5.74, 6) is -0.337. The van der Waals surface area contributed by atoms with E-state index >= 15 is 0 Å². The van der Waals surface area contributed by atoms with E-state index in [-0.39, 0.29) is 35.7 Å². The Hall–Kier alpha value is -2.43. The number of guanidine groups is 1. The summed E-state index contributed by atoms with van der Waals surface area (Å²) in [5, 5.41) is 6.66. The normalized spacial score (nSPS) is 16.3. The molecule has 2 aromatic heterocycles. The molecule has 0 spiro atoms. The molecular weight excluding hydrogens is 525 g/mol. The lowest BCUT2D eigenvalue weighted by Gasteiger charge is -2.21. The quantitative estimate of drug-likeness (QED) is 0.276. The van der Waals surface area contributed by atoms with Crippen LogP contribution >= 0.6 is 24.0 Å². The first-order valence-electron chi connectivity index (χ1n) is 10.7. The summed E-state index contributed by atoms with van der Waals surface area (Å²) in [4.78, 5) is 11.1. The SMILES string of the molecule is CCNC(=NCCc1cn2cccc(C)c2n1)NC1CCN(c2c(F)cccc2F)C1.I. The van der Waals surface area contributed by atoms with Gasteiger partial charge in [-0.3, -0.25) is 4.99 Å². The molecule has 1 aromatic carbocycles. The van der Waals surface area contributed by atoms with Gasteiger partial charge >= 0.3 is 0 Å². The Kier molecular flexibility index (Phi) is 8.27. The molecule has 1 saturated heterocycles. The minimum Gasteiger partial charge on any atom is -0.365 e. The van der Waals surface area contributed by atoms with Gasteiger partial charge < -0.3 is 19.9 Å². The number of hydrogen-bond donors (Lipinski definition) is 2. The average Bonchev–Trinajstić information content (AvgIpc) is 3.36. The number of imidazole rings is 1. The van der Waals surface area contributed by atoms with Crippen LogP contribution in [0.5, 0.6) is 0 Å². The maximum Gasteiger partial charge on any atom is 0.191 e. The molecule has 2 N–H and O–H groups in total. The van der Waals surface area contributed by atoms with Crippen LogP contribution in [0.3, 0.4) is 0 Å². The minimum atomic E-state index is -0.524. The molecule has 4 rings (SSSR count). The number of pyridine rings is 1. The van der Waals surface area contributed by atoms with Crippen molar-refractivity contribution >= 4 is 41.3 Å². The summed E-state index contributed by atoms with van der Waals surface area (Å²) < 4.78 is 30.2. The van der Waals surface area contributed by atoms with E-state index in [0.717, 1.165) is 36.3 Å². The highest BCUT2D eigenvalue weighted by Gasteiger charge is 2.27. The topological polar surface area (TPSA) is 57.0 Å². The maximum atomic E-state index is 14.1. The van der Waals surface area contributed by atoms with Gasteiger partial charge in [0.25, 0.3) is 0 Å². The summed E-state index contributed by atoms with van der Waals surface area (Å²) in [7, 11) is 0. The van der Waals surface area contributed by atoms with Gasteiger partial charge in [-0.15, -0.1) is 24.0 Å². The van der Waals surface area contributed by atoms with Crippen LogP contribution < -0.4 is 15.5 Å². The highest BCUT2D eigenvalue weighted by atomic mass is 127. The van der Waals surface area contributed by atoms with E-state index in [4.69, 9.17) is 4.98 Å². The molecule has 1 aliphatic rings. The largest absolute Gasteiger partial charge is 0.365 e. The molecule has 0 aliphatic carbocycles. The number of rotatable bonds is 6. The van der Waals surface area contributed by atoms with Crippen molar-refractivity contribution in [3.8, 4) is 0 Å². The summed E-state index contributed by atoms with van der Waals surface area (Å²) >= 11 is 0. The summed E-state index contributed by atoms with van der Waals surface area (Å²) in [6, 6.07) is 8.11. The van der Waals surface area contributed by atoms with Gasteiger partial charge in [0, 0.05) is 51.0 Å². The van der Waals surface area contributed by atoms with Crippen molar-refractivity contribution in [3.05, 3.63) is 65.6 Å². The number of benzene rings is 1. The van der Waals surface area contributed by atoms with E-state index in [1.165, 1.54) is 18.2 Å². The number of halogens is 3. The van der Waals surface area contributed by atoms with Gasteiger partial charge in [-0.25, -0.2) is 13.8 Å². The van der Waals surface area contributed by atoms with Crippen molar-refractivity contribution in [1.82, 2.24) is 20.0 Å². The third-order valence-corrected chi connectivity index (χ3v) is 5.49. The van der Waals surface area contributed by atoms with E-state index in [1.807, 2.05) is 29.8 Å². The fourth-order valence-corrected chi connectivity index (χ4v) is 3.99. The summed E-state index contributed by atoms with van der Waals surface area (Å²) in [6.07, 6.45) is 5.55. The van der Waals surface area contributed by atoms with Crippen LogP contribution in [0.1, 0.15) is 24.6 Å². The van der Waals surface area contributed by atoms with Gasteiger partial charge in [0.1, 0.15) is 23.0 Å². The first kappa shape index (κ1) is 24.2. The number of para-hydroxylation sites is 1. The average molecular weight is 554 g/mol. The molecule has 0 radical (unpaired) electrons. The molecule has 1 unspecified atom stereocenters. The van der Waals surface area contributed by atoms with Crippen molar-refractivity contribution in [3.63, 3.8) is 0 Å². The fraction of sp³-hybridized carbons (Fsp3) is 0.391. The van der Waals surface area contributed by atoms with E-state index in [2.05, 4.69) is 28.6 Å². The van der Waals surface area contributed by atoms with Crippen LogP contribution in [0.2, 0.25) is 0 Å². The highest BCUT2D eigenvalue weighted by Crippen LogP contribution is 2.26. The zero-order valence-corrected chi connectivity index (χ0v) is 20.6. The number of aryl methyl sites for hydroxylation is 1. The number of nitrogens with zero attached hydrogens (tertiary/aromatic N) is 4. The summed E-state index contributed by atoms with van der Waals surface area (Å²) in [6.45, 7) is 6.51. The molecule has 0 saturated carbocycles. The Morgan fingerprint density at radius 3 is 2.72 bits per heavy atom. The van der Waals surface area contributed by atoms with Crippen LogP contribution in [0, 0.1) is 18.6 Å². The van der Waals surface area contributed by atoms with Crippen molar-refractivity contribution in [2.24, 2.45) is 4.99 Å². The van der Waals surface area contributed by atoms with Crippen molar-refractivity contribution in [2.45, 2.75) is 32.7 Å². The Morgan fingerprint density at radius 2 is 2.00 bits per heavy atom. The second-order valence-electron chi connectivity index (χ2n) is 7.81. The van der Waals surface area contributed by atoms with Crippen molar-refractivity contribution in [1.29, 1.82) is 0 Å². The summed E-state index contributed by atoms with van der Waals surface area (Å²) in [5.41, 5.74) is 3.16. The lowest BCUT2D eigenvalue weighted by molar-refractivity contribution is 0.576. The van der Waals surface area contributed by atoms with Crippen LogP contribution in [0.15, 0.2) is 47.7 Å². The molecule has 0 bridgehead atoms. The van der Waals surface area contributed by atoms with Gasteiger partial charge in [-0.2, -0.15) is 0 Å². The van der Waals surface area contributed by atoms with Crippen LogP contribution in [0.25, 0.3) is 5.65 Å². The molecule has 6 nitrogen and oxygen atoms in total. The number of anilines is 1. The van der Waals surface area contributed by atoms with Crippen LogP contribution in [-0.4, -0.2) is 47.6 Å². The molecule has 0 amide bonds. The molecular formula is C23H29F2IN6. The molecule has 3 aromatic rings. The van der Waals surface area contributed by atoms with E-state index in [9.17, 15) is 8.78 Å².